The minimum atomic E-state index is -0.370. The summed E-state index contributed by atoms with van der Waals surface area (Å²) in [6, 6.07) is 8.61. The fraction of sp³-hybridized carbons (Fsp3) is 0.300. The summed E-state index contributed by atoms with van der Waals surface area (Å²) < 4.78 is 18.7. The van der Waals surface area contributed by atoms with Crippen LogP contribution in [0.15, 0.2) is 30.3 Å². The quantitative estimate of drug-likeness (QED) is 0.352. The van der Waals surface area contributed by atoms with Crippen LogP contribution in [0.25, 0.3) is 5.69 Å². The molecule has 3 heterocycles. The summed E-state index contributed by atoms with van der Waals surface area (Å²) in [7, 11) is 3.64. The van der Waals surface area contributed by atoms with E-state index < -0.39 is 0 Å². The maximum atomic E-state index is 11.7. The van der Waals surface area contributed by atoms with Gasteiger partial charge in [-0.25, -0.2) is 5.84 Å². The third-order valence-corrected chi connectivity index (χ3v) is 5.64. The average Bonchev–Trinajstić information content (AvgIpc) is 3.47. The highest BCUT2D eigenvalue weighted by Crippen LogP contribution is 2.50. The number of methoxy groups -OCH3 is 1. The zero-order valence-electron chi connectivity index (χ0n) is 17.0. The maximum absolute atomic E-state index is 11.7. The third kappa shape index (κ3) is 3.05. The van der Waals surface area contributed by atoms with Crippen LogP contribution >= 0.6 is 0 Å². The van der Waals surface area contributed by atoms with Gasteiger partial charge in [0.25, 0.3) is 5.91 Å². The smallest absolute Gasteiger partial charge is 0.265 e. The second kappa shape index (κ2) is 7.52. The van der Waals surface area contributed by atoms with Crippen LogP contribution in [0.4, 0.5) is 0 Å². The van der Waals surface area contributed by atoms with Crippen LogP contribution < -0.4 is 25.5 Å². The van der Waals surface area contributed by atoms with Gasteiger partial charge in [-0.1, -0.05) is 0 Å². The first-order valence-corrected chi connectivity index (χ1v) is 9.71. The Bertz CT molecular complexity index is 1150. The van der Waals surface area contributed by atoms with E-state index >= 15 is 0 Å². The van der Waals surface area contributed by atoms with Gasteiger partial charge in [-0.3, -0.25) is 15.1 Å². The highest BCUT2D eigenvalue weighted by Gasteiger charge is 2.37. The second-order valence-electron chi connectivity index (χ2n) is 7.32. The number of amides is 1. The zero-order chi connectivity index (χ0) is 21.5. The Balaban J connectivity index is 1.62. The van der Waals surface area contributed by atoms with Crippen LogP contribution in [-0.4, -0.2) is 58.5 Å². The fourth-order valence-electron chi connectivity index (χ4n) is 4.14. The number of hydrogen-bond acceptors (Lipinski definition) is 9. The SMILES string of the molecule is COc1c2c(cc3c1C(c1nnnn1-c1ccc(C(=O)NN)cc1)N(C)CC3)OCO2. The normalized spacial score (nSPS) is 17.3. The van der Waals surface area contributed by atoms with E-state index in [1.54, 1.807) is 36.1 Å². The number of nitrogens with one attached hydrogen (secondary N) is 1. The highest BCUT2D eigenvalue weighted by atomic mass is 16.7. The average molecular weight is 423 g/mol. The minimum absolute atomic E-state index is 0.162. The van der Waals surface area contributed by atoms with Crippen LogP contribution in [0, 0.1) is 0 Å². The first-order valence-electron chi connectivity index (χ1n) is 9.71. The van der Waals surface area contributed by atoms with Gasteiger partial charge in [0, 0.05) is 17.7 Å². The number of nitrogens with zero attached hydrogens (tertiary/aromatic N) is 5. The third-order valence-electron chi connectivity index (χ3n) is 5.64. The number of hydrazine groups is 1. The van der Waals surface area contributed by atoms with E-state index in [2.05, 4.69) is 25.9 Å². The lowest BCUT2D eigenvalue weighted by Crippen LogP contribution is -2.35. The summed E-state index contributed by atoms with van der Waals surface area (Å²) in [5.41, 5.74) is 5.34. The molecule has 1 atom stereocenters. The first kappa shape index (κ1) is 19.3. The molecule has 1 aromatic heterocycles. The number of fused-ring (bicyclic) bond motifs is 2. The van der Waals surface area contributed by atoms with Crippen LogP contribution in [0.5, 0.6) is 17.2 Å². The summed E-state index contributed by atoms with van der Waals surface area (Å²) >= 11 is 0. The van der Waals surface area contributed by atoms with Crippen molar-refractivity contribution < 1.29 is 19.0 Å². The molecule has 3 N–H and O–H groups in total. The molecule has 3 aromatic rings. The van der Waals surface area contributed by atoms with E-state index in [0.717, 1.165) is 24.1 Å². The van der Waals surface area contributed by atoms with Crippen LogP contribution in [0.2, 0.25) is 0 Å². The molecule has 5 rings (SSSR count). The Morgan fingerprint density at radius 3 is 2.84 bits per heavy atom. The Kier molecular flexibility index (Phi) is 4.68. The molecule has 0 spiro atoms. The van der Waals surface area contributed by atoms with E-state index in [9.17, 15) is 4.79 Å². The number of hydrogen-bond donors (Lipinski definition) is 2. The Morgan fingerprint density at radius 2 is 2.10 bits per heavy atom. The second-order valence-corrected chi connectivity index (χ2v) is 7.32. The number of tetrazole rings is 1. The van der Waals surface area contributed by atoms with Crippen molar-refractivity contribution in [1.82, 2.24) is 30.5 Å². The van der Waals surface area contributed by atoms with Crippen molar-refractivity contribution in [2.75, 3.05) is 27.5 Å². The van der Waals surface area contributed by atoms with Crippen LogP contribution in [0.3, 0.4) is 0 Å². The number of rotatable bonds is 4. The first-order chi connectivity index (χ1) is 15.1. The van der Waals surface area contributed by atoms with Crippen molar-refractivity contribution in [2.24, 2.45) is 5.84 Å². The molecular formula is C20H21N7O4. The molecule has 0 aliphatic carbocycles. The van der Waals surface area contributed by atoms with Gasteiger partial charge in [-0.15, -0.1) is 5.10 Å². The molecule has 1 amide bonds. The van der Waals surface area contributed by atoms with Gasteiger partial charge < -0.3 is 14.2 Å². The van der Waals surface area contributed by atoms with E-state index in [1.165, 1.54) is 0 Å². The lowest BCUT2D eigenvalue weighted by Gasteiger charge is -2.34. The van der Waals surface area contributed by atoms with E-state index in [0.29, 0.717) is 34.3 Å². The minimum Gasteiger partial charge on any atom is -0.492 e. The number of benzene rings is 2. The summed E-state index contributed by atoms with van der Waals surface area (Å²) in [5, 5.41) is 12.5. The van der Waals surface area contributed by atoms with Crippen LogP contribution in [-0.2, 0) is 6.42 Å². The predicted molar refractivity (Wildman–Crippen MR) is 108 cm³/mol. The lowest BCUT2D eigenvalue weighted by molar-refractivity contribution is 0.0953. The molecule has 31 heavy (non-hydrogen) atoms. The van der Waals surface area contributed by atoms with Crippen molar-refractivity contribution in [3.05, 3.63) is 52.8 Å². The zero-order valence-corrected chi connectivity index (χ0v) is 17.0. The standard InChI is InChI=1S/C20H21N7O4/c1-26-8-7-12-9-14-17(31-10-30-14)18(29-2)15(12)16(26)19-23-24-25-27(19)13-5-3-11(4-6-13)20(28)22-21/h3-6,9,16H,7-8,10,21H2,1-2H3,(H,22,28). The van der Waals surface area contributed by atoms with Gasteiger partial charge >= 0.3 is 0 Å². The predicted octanol–water partition coefficient (Wildman–Crippen LogP) is 0.580. The van der Waals surface area contributed by atoms with Crippen molar-refractivity contribution in [2.45, 2.75) is 12.5 Å². The number of aromatic nitrogens is 4. The number of carbonyl (C=O) groups is 1. The topological polar surface area (TPSA) is 130 Å². The number of nitrogen functional groups attached to an aromatic ring is 1. The van der Waals surface area contributed by atoms with Gasteiger partial charge in [-0.2, -0.15) is 4.68 Å². The van der Waals surface area contributed by atoms with Gasteiger partial charge in [0.05, 0.1) is 12.8 Å². The molecular weight excluding hydrogens is 402 g/mol. The molecule has 11 nitrogen and oxygen atoms in total. The molecule has 0 fully saturated rings. The van der Waals surface area contributed by atoms with E-state index in [1.807, 2.05) is 13.1 Å². The largest absolute Gasteiger partial charge is 0.492 e. The van der Waals surface area contributed by atoms with E-state index in [-0.39, 0.29) is 18.7 Å². The molecule has 0 saturated heterocycles. The summed E-state index contributed by atoms with van der Waals surface area (Å²) in [6.07, 6.45) is 0.833. The summed E-state index contributed by atoms with van der Waals surface area (Å²) in [4.78, 5) is 13.9. The number of likely N-dealkylation sites (N-methyl/N-ethyl adjacent to an activating group) is 1. The molecule has 11 heteroatoms. The molecule has 1 unspecified atom stereocenters. The Labute approximate surface area is 177 Å². The fourth-order valence-corrected chi connectivity index (χ4v) is 4.14. The number of nitrogens with two attached hydrogens (primary N) is 1. The van der Waals surface area contributed by atoms with Crippen molar-refractivity contribution in [1.29, 1.82) is 0 Å². The molecule has 160 valence electrons. The lowest BCUT2D eigenvalue weighted by atomic mass is 9.90. The monoisotopic (exact) mass is 423 g/mol. The van der Waals surface area contributed by atoms with Crippen molar-refractivity contribution in [3.63, 3.8) is 0 Å². The van der Waals surface area contributed by atoms with Gasteiger partial charge in [-0.05, 0) is 59.8 Å². The Morgan fingerprint density at radius 1 is 1.29 bits per heavy atom. The molecule has 2 aliphatic heterocycles. The van der Waals surface area contributed by atoms with Crippen molar-refractivity contribution >= 4 is 5.91 Å². The molecule has 2 aliphatic rings. The van der Waals surface area contributed by atoms with Gasteiger partial charge in [0.2, 0.25) is 12.5 Å². The molecule has 2 aromatic carbocycles. The summed E-state index contributed by atoms with van der Waals surface area (Å²) in [5.74, 6) is 7.38. The van der Waals surface area contributed by atoms with Gasteiger partial charge in [0.1, 0.15) is 6.04 Å². The van der Waals surface area contributed by atoms with Gasteiger partial charge in [0.15, 0.2) is 17.3 Å². The Hall–Kier alpha value is -3.70. The molecule has 0 radical (unpaired) electrons. The molecule has 0 bridgehead atoms. The summed E-state index contributed by atoms with van der Waals surface area (Å²) in [6.45, 7) is 0.971. The maximum Gasteiger partial charge on any atom is 0.265 e. The number of carbonyl (C=O) groups excluding carboxylic acids is 1. The highest BCUT2D eigenvalue weighted by molar-refractivity contribution is 5.93. The number of ether oxygens (including phenoxy) is 3. The van der Waals surface area contributed by atoms with Crippen LogP contribution in [0.1, 0.15) is 33.4 Å². The molecule has 0 saturated carbocycles. The van der Waals surface area contributed by atoms with E-state index in [4.69, 9.17) is 20.1 Å². The van der Waals surface area contributed by atoms with Crippen molar-refractivity contribution in [3.8, 4) is 22.9 Å².